The molecule has 0 spiro atoms. The first-order chi connectivity index (χ1) is 10.4. The van der Waals surface area contributed by atoms with Gasteiger partial charge in [0.05, 0.1) is 6.26 Å². The van der Waals surface area contributed by atoms with Crippen LogP contribution in [0.5, 0.6) is 0 Å². The molecule has 6 heteroatoms. The Labute approximate surface area is 132 Å². The van der Waals surface area contributed by atoms with E-state index in [-0.39, 0.29) is 17.7 Å². The number of rotatable bonds is 5. The van der Waals surface area contributed by atoms with Gasteiger partial charge in [-0.1, -0.05) is 37.3 Å². The molecule has 1 unspecified atom stereocenters. The van der Waals surface area contributed by atoms with Crippen LogP contribution in [0, 0.1) is 5.92 Å². The second-order valence-corrected chi connectivity index (χ2v) is 7.98. The van der Waals surface area contributed by atoms with E-state index in [4.69, 9.17) is 0 Å². The lowest BCUT2D eigenvalue weighted by Gasteiger charge is -2.29. The molecule has 2 rings (SSSR count). The van der Waals surface area contributed by atoms with Crippen LogP contribution in [0.4, 0.5) is 0 Å². The zero-order chi connectivity index (χ0) is 16.2. The molecular weight excluding hydrogens is 300 g/mol. The third-order valence-corrected chi connectivity index (χ3v) is 5.55. The number of piperidine rings is 1. The van der Waals surface area contributed by atoms with Gasteiger partial charge in [0, 0.05) is 25.6 Å². The van der Waals surface area contributed by atoms with Crippen molar-refractivity contribution in [3.63, 3.8) is 0 Å². The number of carbonyl (C=O) groups excluding carboxylic acids is 1. The summed E-state index contributed by atoms with van der Waals surface area (Å²) in [5, 5.41) is 3.00. The van der Waals surface area contributed by atoms with E-state index in [9.17, 15) is 13.2 Å². The minimum atomic E-state index is -3.14. The van der Waals surface area contributed by atoms with Gasteiger partial charge in [-0.15, -0.1) is 0 Å². The minimum Gasteiger partial charge on any atom is -0.355 e. The first-order valence-corrected chi connectivity index (χ1v) is 9.50. The largest absolute Gasteiger partial charge is 0.355 e. The van der Waals surface area contributed by atoms with Gasteiger partial charge >= 0.3 is 0 Å². The third-order valence-electron chi connectivity index (χ3n) is 4.24. The SMILES string of the molecule is CC(CNC(=O)C1CCN(S(C)(=O)=O)CC1)c1ccccc1. The monoisotopic (exact) mass is 324 g/mol. The van der Waals surface area contributed by atoms with Crippen LogP contribution in [-0.4, -0.2) is 44.5 Å². The molecule has 1 aliphatic rings. The van der Waals surface area contributed by atoms with E-state index in [1.807, 2.05) is 18.2 Å². The summed E-state index contributed by atoms with van der Waals surface area (Å²) in [7, 11) is -3.14. The van der Waals surface area contributed by atoms with Crippen LogP contribution in [0.25, 0.3) is 0 Å². The summed E-state index contributed by atoms with van der Waals surface area (Å²) in [4.78, 5) is 12.2. The number of hydrogen-bond donors (Lipinski definition) is 1. The Balaban J connectivity index is 1.79. The summed E-state index contributed by atoms with van der Waals surface area (Å²) in [6, 6.07) is 10.1. The van der Waals surface area contributed by atoms with Crippen molar-refractivity contribution < 1.29 is 13.2 Å². The van der Waals surface area contributed by atoms with Gasteiger partial charge in [0.25, 0.3) is 0 Å². The van der Waals surface area contributed by atoms with E-state index in [1.165, 1.54) is 16.1 Å². The molecule has 1 amide bonds. The highest BCUT2D eigenvalue weighted by Gasteiger charge is 2.28. The number of hydrogen-bond acceptors (Lipinski definition) is 3. The number of sulfonamides is 1. The van der Waals surface area contributed by atoms with Gasteiger partial charge in [0.2, 0.25) is 15.9 Å². The summed E-state index contributed by atoms with van der Waals surface area (Å²) in [5.41, 5.74) is 1.20. The van der Waals surface area contributed by atoms with Gasteiger partial charge in [-0.2, -0.15) is 0 Å². The molecule has 1 fully saturated rings. The molecule has 0 bridgehead atoms. The fraction of sp³-hybridized carbons (Fsp3) is 0.562. The van der Waals surface area contributed by atoms with Crippen LogP contribution >= 0.6 is 0 Å². The van der Waals surface area contributed by atoms with Crippen molar-refractivity contribution in [2.45, 2.75) is 25.7 Å². The third kappa shape index (κ3) is 4.55. The standard InChI is InChI=1S/C16H24N2O3S/c1-13(14-6-4-3-5-7-14)12-17-16(19)15-8-10-18(11-9-15)22(2,20)21/h3-7,13,15H,8-12H2,1-2H3,(H,17,19). The first-order valence-electron chi connectivity index (χ1n) is 7.65. The van der Waals surface area contributed by atoms with E-state index in [1.54, 1.807) is 0 Å². The zero-order valence-corrected chi connectivity index (χ0v) is 14.0. The van der Waals surface area contributed by atoms with Gasteiger partial charge < -0.3 is 5.32 Å². The Bertz CT molecular complexity index is 593. The highest BCUT2D eigenvalue weighted by atomic mass is 32.2. The lowest BCUT2D eigenvalue weighted by atomic mass is 9.96. The van der Waals surface area contributed by atoms with Crippen LogP contribution < -0.4 is 5.32 Å². The Morgan fingerprint density at radius 2 is 1.86 bits per heavy atom. The fourth-order valence-corrected chi connectivity index (χ4v) is 3.62. The van der Waals surface area contributed by atoms with Crippen LogP contribution in [0.3, 0.4) is 0 Å². The zero-order valence-electron chi connectivity index (χ0n) is 13.2. The van der Waals surface area contributed by atoms with Crippen molar-refractivity contribution in [2.24, 2.45) is 5.92 Å². The number of carbonyl (C=O) groups is 1. The predicted molar refractivity (Wildman–Crippen MR) is 87.0 cm³/mol. The molecule has 1 aromatic carbocycles. The summed E-state index contributed by atoms with van der Waals surface area (Å²) >= 11 is 0. The molecule has 1 saturated heterocycles. The van der Waals surface area contributed by atoms with Crippen LogP contribution in [0.15, 0.2) is 30.3 Å². The molecule has 1 heterocycles. The van der Waals surface area contributed by atoms with Crippen molar-refractivity contribution in [3.8, 4) is 0 Å². The molecule has 1 aliphatic heterocycles. The maximum absolute atomic E-state index is 12.2. The maximum Gasteiger partial charge on any atom is 0.223 e. The normalized spacial score (nSPS) is 18.8. The first kappa shape index (κ1) is 17.0. The second-order valence-electron chi connectivity index (χ2n) is 5.99. The second kappa shape index (κ2) is 7.24. The molecule has 0 saturated carbocycles. The number of amides is 1. The van der Waals surface area contributed by atoms with Crippen molar-refractivity contribution in [2.75, 3.05) is 25.9 Å². The van der Waals surface area contributed by atoms with E-state index >= 15 is 0 Å². The Morgan fingerprint density at radius 3 is 2.41 bits per heavy atom. The average Bonchev–Trinajstić information content (AvgIpc) is 2.52. The smallest absolute Gasteiger partial charge is 0.223 e. The van der Waals surface area contributed by atoms with E-state index < -0.39 is 10.0 Å². The highest BCUT2D eigenvalue weighted by molar-refractivity contribution is 7.88. The quantitative estimate of drug-likeness (QED) is 0.894. The highest BCUT2D eigenvalue weighted by Crippen LogP contribution is 2.20. The van der Waals surface area contributed by atoms with Gasteiger partial charge in [0.1, 0.15) is 0 Å². The van der Waals surface area contributed by atoms with Gasteiger partial charge in [-0.25, -0.2) is 12.7 Å². The van der Waals surface area contributed by atoms with Gasteiger partial charge in [0.15, 0.2) is 0 Å². The molecule has 1 atom stereocenters. The van der Waals surface area contributed by atoms with E-state index in [2.05, 4.69) is 24.4 Å². The van der Waals surface area contributed by atoms with E-state index in [0.717, 1.165) is 0 Å². The van der Waals surface area contributed by atoms with Crippen LogP contribution in [0.2, 0.25) is 0 Å². The molecular formula is C16H24N2O3S. The minimum absolute atomic E-state index is 0.0379. The van der Waals surface area contributed by atoms with Crippen molar-refractivity contribution in [1.29, 1.82) is 0 Å². The van der Waals surface area contributed by atoms with Crippen LogP contribution in [-0.2, 0) is 14.8 Å². The number of benzene rings is 1. The molecule has 1 N–H and O–H groups in total. The molecule has 0 radical (unpaired) electrons. The predicted octanol–water partition coefficient (Wildman–Crippen LogP) is 1.58. The van der Waals surface area contributed by atoms with E-state index in [0.29, 0.717) is 32.5 Å². The van der Waals surface area contributed by atoms with Crippen molar-refractivity contribution in [3.05, 3.63) is 35.9 Å². The Hall–Kier alpha value is -1.40. The van der Waals surface area contributed by atoms with Crippen molar-refractivity contribution in [1.82, 2.24) is 9.62 Å². The van der Waals surface area contributed by atoms with Gasteiger partial charge in [-0.3, -0.25) is 4.79 Å². The van der Waals surface area contributed by atoms with Crippen molar-refractivity contribution >= 4 is 15.9 Å². The lowest BCUT2D eigenvalue weighted by molar-refractivity contribution is -0.126. The lowest BCUT2D eigenvalue weighted by Crippen LogP contribution is -2.43. The summed E-state index contributed by atoms with van der Waals surface area (Å²) in [6.07, 6.45) is 2.41. The summed E-state index contributed by atoms with van der Waals surface area (Å²) in [6.45, 7) is 3.56. The average molecular weight is 324 g/mol. The summed E-state index contributed by atoms with van der Waals surface area (Å²) < 4.78 is 24.4. The van der Waals surface area contributed by atoms with Gasteiger partial charge in [-0.05, 0) is 24.3 Å². The molecule has 22 heavy (non-hydrogen) atoms. The topological polar surface area (TPSA) is 66.5 Å². The fourth-order valence-electron chi connectivity index (χ4n) is 2.75. The summed E-state index contributed by atoms with van der Waals surface area (Å²) in [5.74, 6) is 0.221. The molecule has 0 aliphatic carbocycles. The molecule has 5 nitrogen and oxygen atoms in total. The number of nitrogens with zero attached hydrogens (tertiary/aromatic N) is 1. The Kier molecular flexibility index (Phi) is 5.58. The number of nitrogens with one attached hydrogen (secondary N) is 1. The Morgan fingerprint density at radius 1 is 1.27 bits per heavy atom. The molecule has 1 aromatic rings. The molecule has 0 aromatic heterocycles. The van der Waals surface area contributed by atoms with Crippen LogP contribution in [0.1, 0.15) is 31.2 Å². The maximum atomic E-state index is 12.2. The molecule has 122 valence electrons.